The van der Waals surface area contributed by atoms with E-state index >= 15 is 0 Å². The van der Waals surface area contributed by atoms with Gasteiger partial charge in [0.25, 0.3) is 5.56 Å². The number of fused-ring (bicyclic) bond motifs is 2. The molecule has 0 saturated carbocycles. The molecule has 1 atom stereocenters. The van der Waals surface area contributed by atoms with Crippen molar-refractivity contribution in [1.82, 2.24) is 9.55 Å². The second-order valence-corrected chi connectivity index (χ2v) is 9.00. The molecule has 0 saturated heterocycles. The van der Waals surface area contributed by atoms with Gasteiger partial charge in [-0.1, -0.05) is 47.7 Å². The highest BCUT2D eigenvalue weighted by Crippen LogP contribution is 2.40. The maximum absolute atomic E-state index is 13.8. The van der Waals surface area contributed by atoms with Crippen molar-refractivity contribution in [3.63, 3.8) is 0 Å². The zero-order valence-electron chi connectivity index (χ0n) is 19.5. The Morgan fingerprint density at radius 3 is 2.74 bits per heavy atom. The summed E-state index contributed by atoms with van der Waals surface area (Å²) < 4.78 is 13.3. The molecule has 2 aromatic carbocycles. The quantitative estimate of drug-likeness (QED) is 0.405. The van der Waals surface area contributed by atoms with Crippen LogP contribution in [0.5, 0.6) is 5.75 Å². The van der Waals surface area contributed by atoms with E-state index in [9.17, 15) is 9.59 Å². The normalized spacial score (nSPS) is 15.6. The molecule has 0 N–H and O–H groups in total. The third kappa shape index (κ3) is 3.95. The zero-order chi connectivity index (χ0) is 24.5. The fourth-order valence-corrected chi connectivity index (χ4v) is 5.46. The van der Waals surface area contributed by atoms with Gasteiger partial charge in [-0.25, -0.2) is 9.79 Å². The molecule has 1 aliphatic heterocycles. The summed E-state index contributed by atoms with van der Waals surface area (Å²) in [7, 11) is 1.58. The SMILES string of the molecule is CCOC(=O)C1=C(C)N=c2s/c(=C\c3cccnc3)c(=O)n2C1c1c(OC)ccc2ccccc12. The fourth-order valence-electron chi connectivity index (χ4n) is 4.41. The van der Waals surface area contributed by atoms with Crippen LogP contribution in [0, 0.1) is 0 Å². The summed E-state index contributed by atoms with van der Waals surface area (Å²) in [5.74, 6) is 0.0716. The van der Waals surface area contributed by atoms with Gasteiger partial charge in [-0.05, 0) is 48.4 Å². The Hall–Kier alpha value is -4.04. The summed E-state index contributed by atoms with van der Waals surface area (Å²) in [4.78, 5) is 36.3. The van der Waals surface area contributed by atoms with Gasteiger partial charge in [-0.3, -0.25) is 14.3 Å². The zero-order valence-corrected chi connectivity index (χ0v) is 20.3. The monoisotopic (exact) mass is 485 g/mol. The van der Waals surface area contributed by atoms with Crippen LogP contribution in [0.2, 0.25) is 0 Å². The Morgan fingerprint density at radius 2 is 2.00 bits per heavy atom. The molecule has 2 aromatic heterocycles. The molecule has 35 heavy (non-hydrogen) atoms. The lowest BCUT2D eigenvalue weighted by Gasteiger charge is -2.27. The number of carbonyl (C=O) groups is 1. The van der Waals surface area contributed by atoms with E-state index in [2.05, 4.69) is 9.98 Å². The number of esters is 1. The van der Waals surface area contributed by atoms with Gasteiger partial charge in [0, 0.05) is 18.0 Å². The predicted molar refractivity (Wildman–Crippen MR) is 135 cm³/mol. The molecule has 1 unspecified atom stereocenters. The van der Waals surface area contributed by atoms with Crippen LogP contribution >= 0.6 is 11.3 Å². The minimum Gasteiger partial charge on any atom is -0.496 e. The van der Waals surface area contributed by atoms with Crippen LogP contribution in [-0.4, -0.2) is 29.2 Å². The molecule has 8 heteroatoms. The summed E-state index contributed by atoms with van der Waals surface area (Å²) in [5.41, 5.74) is 2.11. The predicted octanol–water partition coefficient (Wildman–Crippen LogP) is 3.36. The Kier molecular flexibility index (Phi) is 6.05. The molecule has 0 spiro atoms. The minimum absolute atomic E-state index is 0.209. The second-order valence-electron chi connectivity index (χ2n) is 7.99. The lowest BCUT2D eigenvalue weighted by atomic mass is 9.90. The Morgan fingerprint density at radius 1 is 1.17 bits per heavy atom. The van der Waals surface area contributed by atoms with E-state index in [0.29, 0.717) is 26.4 Å². The van der Waals surface area contributed by atoms with E-state index < -0.39 is 12.0 Å². The first-order valence-corrected chi connectivity index (χ1v) is 12.0. The Labute approximate surface area is 205 Å². The van der Waals surface area contributed by atoms with E-state index in [4.69, 9.17) is 9.47 Å². The number of thiazole rings is 1. The van der Waals surface area contributed by atoms with Crippen molar-refractivity contribution < 1.29 is 14.3 Å². The summed E-state index contributed by atoms with van der Waals surface area (Å²) in [6.07, 6.45) is 5.16. The summed E-state index contributed by atoms with van der Waals surface area (Å²) in [6, 6.07) is 14.6. The third-order valence-corrected chi connectivity index (χ3v) is 6.91. The lowest BCUT2D eigenvalue weighted by molar-refractivity contribution is -0.139. The van der Waals surface area contributed by atoms with Crippen molar-refractivity contribution in [1.29, 1.82) is 0 Å². The maximum Gasteiger partial charge on any atom is 0.338 e. The molecule has 176 valence electrons. The van der Waals surface area contributed by atoms with E-state index in [1.807, 2.05) is 48.5 Å². The molecule has 0 amide bonds. The first kappa shape index (κ1) is 22.7. The lowest BCUT2D eigenvalue weighted by Crippen LogP contribution is -2.40. The van der Waals surface area contributed by atoms with Gasteiger partial charge in [-0.2, -0.15) is 0 Å². The van der Waals surface area contributed by atoms with Gasteiger partial charge in [-0.15, -0.1) is 0 Å². The van der Waals surface area contributed by atoms with Gasteiger partial charge in [0.1, 0.15) is 11.8 Å². The third-order valence-electron chi connectivity index (χ3n) is 5.92. The highest BCUT2D eigenvalue weighted by atomic mass is 32.1. The molecular formula is C27H23N3O4S. The van der Waals surface area contributed by atoms with Crippen molar-refractivity contribution in [2.75, 3.05) is 13.7 Å². The van der Waals surface area contributed by atoms with Gasteiger partial charge < -0.3 is 9.47 Å². The Bertz CT molecular complexity index is 1650. The molecule has 0 bridgehead atoms. The highest BCUT2D eigenvalue weighted by Gasteiger charge is 2.36. The largest absolute Gasteiger partial charge is 0.496 e. The summed E-state index contributed by atoms with van der Waals surface area (Å²) in [6.45, 7) is 3.74. The minimum atomic E-state index is -0.762. The average Bonchev–Trinajstić information content (AvgIpc) is 3.17. The van der Waals surface area contributed by atoms with Crippen molar-refractivity contribution in [2.24, 2.45) is 4.99 Å². The topological polar surface area (TPSA) is 82.8 Å². The fraction of sp³-hybridized carbons (Fsp3) is 0.185. The van der Waals surface area contributed by atoms with E-state index in [-0.39, 0.29) is 12.2 Å². The van der Waals surface area contributed by atoms with Crippen LogP contribution in [0.15, 0.2) is 82.0 Å². The van der Waals surface area contributed by atoms with Crippen LogP contribution in [0.4, 0.5) is 0 Å². The number of hydrogen-bond acceptors (Lipinski definition) is 7. The highest BCUT2D eigenvalue weighted by molar-refractivity contribution is 7.07. The molecule has 0 aliphatic carbocycles. The average molecular weight is 486 g/mol. The molecule has 3 heterocycles. The molecular weight excluding hydrogens is 462 g/mol. The number of pyridine rings is 1. The number of rotatable bonds is 5. The van der Waals surface area contributed by atoms with Gasteiger partial charge in [0.05, 0.1) is 29.5 Å². The van der Waals surface area contributed by atoms with Crippen molar-refractivity contribution in [3.8, 4) is 5.75 Å². The standard InChI is InChI=1S/C27H23N3O4S/c1-4-34-26(32)22-16(2)29-27-30(25(31)21(35-27)14-17-8-7-13-28-15-17)24(22)23-19-10-6-5-9-18(19)11-12-20(23)33-3/h5-15,24H,4H2,1-3H3/b21-14-. The number of hydrogen-bond donors (Lipinski definition) is 0. The van der Waals surface area contributed by atoms with E-state index in [1.54, 1.807) is 44.0 Å². The number of aromatic nitrogens is 2. The molecule has 4 aromatic rings. The first-order chi connectivity index (χ1) is 17.0. The number of nitrogens with zero attached hydrogens (tertiary/aromatic N) is 3. The number of allylic oxidation sites excluding steroid dienone is 1. The van der Waals surface area contributed by atoms with Crippen LogP contribution in [0.3, 0.4) is 0 Å². The second kappa shape index (κ2) is 9.31. The van der Waals surface area contributed by atoms with Crippen molar-refractivity contribution in [3.05, 3.63) is 103 Å². The Balaban J connectivity index is 1.86. The number of benzene rings is 2. The molecule has 7 nitrogen and oxygen atoms in total. The van der Waals surface area contributed by atoms with Crippen LogP contribution < -0.4 is 19.6 Å². The van der Waals surface area contributed by atoms with Crippen molar-refractivity contribution >= 4 is 34.2 Å². The van der Waals surface area contributed by atoms with Crippen molar-refractivity contribution in [2.45, 2.75) is 19.9 Å². The molecule has 1 aliphatic rings. The molecule has 0 fully saturated rings. The molecule has 0 radical (unpaired) electrons. The summed E-state index contributed by atoms with van der Waals surface area (Å²) in [5, 5.41) is 1.86. The van der Waals surface area contributed by atoms with E-state index in [1.165, 1.54) is 11.3 Å². The maximum atomic E-state index is 13.8. The van der Waals surface area contributed by atoms with Crippen LogP contribution in [0.1, 0.15) is 31.0 Å². The van der Waals surface area contributed by atoms with Gasteiger partial charge in [0.15, 0.2) is 4.80 Å². The van der Waals surface area contributed by atoms with Crippen LogP contribution in [0.25, 0.3) is 16.8 Å². The number of carbonyl (C=O) groups excluding carboxylic acids is 1. The molecule has 5 rings (SSSR count). The van der Waals surface area contributed by atoms with E-state index in [0.717, 1.165) is 21.9 Å². The van der Waals surface area contributed by atoms with Gasteiger partial charge >= 0.3 is 5.97 Å². The smallest absolute Gasteiger partial charge is 0.338 e. The number of ether oxygens (including phenoxy) is 2. The first-order valence-electron chi connectivity index (χ1n) is 11.2. The summed E-state index contributed by atoms with van der Waals surface area (Å²) >= 11 is 1.28. The van der Waals surface area contributed by atoms with Crippen LogP contribution in [-0.2, 0) is 9.53 Å². The number of methoxy groups -OCH3 is 1. The van der Waals surface area contributed by atoms with Gasteiger partial charge in [0.2, 0.25) is 0 Å².